The van der Waals surface area contributed by atoms with Crippen LogP contribution in [0.3, 0.4) is 0 Å². The normalized spacial score (nSPS) is 15.3. The van der Waals surface area contributed by atoms with Crippen LogP contribution in [0, 0.1) is 6.92 Å². The van der Waals surface area contributed by atoms with Crippen LogP contribution >= 0.6 is 0 Å². The first-order valence-electron chi connectivity index (χ1n) is 10.7. The Hall–Kier alpha value is -3.00. The SMILES string of the molecule is COCCn1c(C)nc2ccc(-c3ccn4nc(NC5CCCCC5)ncc34)nc21. The molecule has 1 N–H and O–H groups in total. The Labute approximate surface area is 175 Å². The maximum absolute atomic E-state index is 5.24. The van der Waals surface area contributed by atoms with Crippen molar-refractivity contribution in [3.8, 4) is 11.3 Å². The lowest BCUT2D eigenvalue weighted by Gasteiger charge is -2.22. The zero-order valence-electron chi connectivity index (χ0n) is 17.5. The molecule has 4 heterocycles. The number of nitrogens with one attached hydrogen (secondary N) is 1. The minimum Gasteiger partial charge on any atom is -0.383 e. The third-order valence-corrected chi connectivity index (χ3v) is 5.93. The molecule has 0 aliphatic heterocycles. The highest BCUT2D eigenvalue weighted by Crippen LogP contribution is 2.27. The quantitative estimate of drug-likeness (QED) is 0.525. The van der Waals surface area contributed by atoms with Crippen molar-refractivity contribution in [1.82, 2.24) is 29.1 Å². The highest BCUT2D eigenvalue weighted by molar-refractivity contribution is 5.82. The van der Waals surface area contributed by atoms with Crippen molar-refractivity contribution in [2.45, 2.75) is 51.6 Å². The molecular formula is C22H27N7O. The van der Waals surface area contributed by atoms with Gasteiger partial charge in [0, 0.05) is 31.5 Å². The fourth-order valence-corrected chi connectivity index (χ4v) is 4.33. The van der Waals surface area contributed by atoms with Crippen LogP contribution in [0.4, 0.5) is 5.95 Å². The van der Waals surface area contributed by atoms with E-state index < -0.39 is 0 Å². The Morgan fingerprint density at radius 2 is 2.00 bits per heavy atom. The van der Waals surface area contributed by atoms with E-state index in [4.69, 9.17) is 9.72 Å². The van der Waals surface area contributed by atoms with Gasteiger partial charge in [0.1, 0.15) is 11.3 Å². The monoisotopic (exact) mass is 405 g/mol. The van der Waals surface area contributed by atoms with Crippen LogP contribution in [0.2, 0.25) is 0 Å². The smallest absolute Gasteiger partial charge is 0.241 e. The minimum absolute atomic E-state index is 0.478. The van der Waals surface area contributed by atoms with Crippen LogP contribution in [-0.4, -0.2) is 48.9 Å². The summed E-state index contributed by atoms with van der Waals surface area (Å²) in [5.74, 6) is 1.63. The highest BCUT2D eigenvalue weighted by Gasteiger charge is 2.16. The first-order valence-corrected chi connectivity index (χ1v) is 10.7. The standard InChI is InChI=1S/C22H27N7O/c1-15-24-19-9-8-18(26-21(19)28(15)12-13-30-2)17-10-11-29-20(17)14-23-22(27-29)25-16-6-4-3-5-7-16/h8-11,14,16H,3-7,12-13H2,1-2H3,(H,25,27). The van der Waals surface area contributed by atoms with Gasteiger partial charge in [-0.3, -0.25) is 0 Å². The Balaban J connectivity index is 1.47. The topological polar surface area (TPSA) is 82.2 Å². The molecule has 4 aromatic heterocycles. The van der Waals surface area contributed by atoms with Gasteiger partial charge in [0.25, 0.3) is 0 Å². The molecular weight excluding hydrogens is 378 g/mol. The number of anilines is 1. The number of pyridine rings is 1. The van der Waals surface area contributed by atoms with E-state index in [-0.39, 0.29) is 0 Å². The maximum atomic E-state index is 5.24. The molecule has 30 heavy (non-hydrogen) atoms. The zero-order chi connectivity index (χ0) is 20.5. The number of imidazole rings is 1. The van der Waals surface area contributed by atoms with E-state index in [1.54, 1.807) is 7.11 Å². The molecule has 0 radical (unpaired) electrons. The maximum Gasteiger partial charge on any atom is 0.241 e. The predicted molar refractivity (Wildman–Crippen MR) is 117 cm³/mol. The molecule has 8 nitrogen and oxygen atoms in total. The second-order valence-electron chi connectivity index (χ2n) is 7.96. The van der Waals surface area contributed by atoms with E-state index >= 15 is 0 Å². The summed E-state index contributed by atoms with van der Waals surface area (Å²) in [5, 5.41) is 8.17. The number of ether oxygens (including phenoxy) is 1. The van der Waals surface area contributed by atoms with Crippen LogP contribution in [0.1, 0.15) is 37.9 Å². The Morgan fingerprint density at radius 3 is 2.83 bits per heavy atom. The molecule has 0 saturated heterocycles. The van der Waals surface area contributed by atoms with Gasteiger partial charge in [0.2, 0.25) is 5.95 Å². The molecule has 1 aliphatic carbocycles. The fraction of sp³-hybridized carbons (Fsp3) is 0.455. The van der Waals surface area contributed by atoms with E-state index in [2.05, 4.69) is 25.0 Å². The number of fused-ring (bicyclic) bond motifs is 2. The lowest BCUT2D eigenvalue weighted by molar-refractivity contribution is 0.187. The van der Waals surface area contributed by atoms with Crippen LogP contribution in [0.15, 0.2) is 30.6 Å². The van der Waals surface area contributed by atoms with Crippen molar-refractivity contribution < 1.29 is 4.74 Å². The minimum atomic E-state index is 0.478. The molecule has 4 aromatic rings. The summed E-state index contributed by atoms with van der Waals surface area (Å²) < 4.78 is 9.22. The third kappa shape index (κ3) is 3.52. The van der Waals surface area contributed by atoms with Crippen molar-refractivity contribution in [2.24, 2.45) is 0 Å². The van der Waals surface area contributed by atoms with Crippen molar-refractivity contribution in [2.75, 3.05) is 19.0 Å². The fourth-order valence-electron chi connectivity index (χ4n) is 4.33. The third-order valence-electron chi connectivity index (χ3n) is 5.93. The van der Waals surface area contributed by atoms with Crippen LogP contribution < -0.4 is 5.32 Å². The van der Waals surface area contributed by atoms with E-state index in [0.29, 0.717) is 18.6 Å². The summed E-state index contributed by atoms with van der Waals surface area (Å²) >= 11 is 0. The number of aryl methyl sites for hydroxylation is 1. The van der Waals surface area contributed by atoms with Gasteiger partial charge >= 0.3 is 0 Å². The van der Waals surface area contributed by atoms with Crippen molar-refractivity contribution in [3.05, 3.63) is 36.4 Å². The van der Waals surface area contributed by atoms with E-state index in [1.807, 2.05) is 42.0 Å². The first kappa shape index (κ1) is 19.0. The summed E-state index contributed by atoms with van der Waals surface area (Å²) in [6.45, 7) is 3.35. The van der Waals surface area contributed by atoms with E-state index in [0.717, 1.165) is 40.3 Å². The summed E-state index contributed by atoms with van der Waals surface area (Å²) in [6.07, 6.45) is 10.1. The number of nitrogens with zero attached hydrogens (tertiary/aromatic N) is 6. The van der Waals surface area contributed by atoms with Gasteiger partial charge in [-0.15, -0.1) is 5.10 Å². The molecule has 5 rings (SSSR count). The lowest BCUT2D eigenvalue weighted by Crippen LogP contribution is -2.23. The van der Waals surface area contributed by atoms with Gasteiger partial charge in [0.05, 0.1) is 24.0 Å². The molecule has 156 valence electrons. The Morgan fingerprint density at radius 1 is 1.13 bits per heavy atom. The van der Waals surface area contributed by atoms with Gasteiger partial charge in [0.15, 0.2) is 5.65 Å². The molecule has 0 atom stereocenters. The Bertz CT molecular complexity index is 1170. The molecule has 0 unspecified atom stereocenters. The Kier molecular flexibility index (Phi) is 5.08. The number of methoxy groups -OCH3 is 1. The summed E-state index contributed by atoms with van der Waals surface area (Å²) in [5.41, 5.74) is 4.61. The average molecular weight is 406 g/mol. The summed E-state index contributed by atoms with van der Waals surface area (Å²) in [7, 11) is 1.71. The van der Waals surface area contributed by atoms with Gasteiger partial charge in [-0.25, -0.2) is 19.5 Å². The van der Waals surface area contributed by atoms with Crippen LogP contribution in [-0.2, 0) is 11.3 Å². The molecule has 0 amide bonds. The molecule has 1 saturated carbocycles. The van der Waals surface area contributed by atoms with Crippen molar-refractivity contribution >= 4 is 22.6 Å². The molecule has 0 bridgehead atoms. The van der Waals surface area contributed by atoms with Gasteiger partial charge < -0.3 is 14.6 Å². The first-order chi connectivity index (χ1) is 14.7. The van der Waals surface area contributed by atoms with Gasteiger partial charge in [-0.05, 0) is 38.0 Å². The van der Waals surface area contributed by atoms with E-state index in [9.17, 15) is 0 Å². The number of aromatic nitrogens is 6. The van der Waals surface area contributed by atoms with Gasteiger partial charge in [-0.1, -0.05) is 19.3 Å². The summed E-state index contributed by atoms with van der Waals surface area (Å²) in [6, 6.07) is 6.56. The molecule has 0 spiro atoms. The molecule has 8 heteroatoms. The van der Waals surface area contributed by atoms with Crippen molar-refractivity contribution in [1.29, 1.82) is 0 Å². The summed E-state index contributed by atoms with van der Waals surface area (Å²) in [4.78, 5) is 14.1. The second-order valence-corrected chi connectivity index (χ2v) is 7.96. The molecule has 1 fully saturated rings. The predicted octanol–water partition coefficient (Wildman–Crippen LogP) is 3.84. The highest BCUT2D eigenvalue weighted by atomic mass is 16.5. The lowest BCUT2D eigenvalue weighted by atomic mass is 9.96. The molecule has 0 aromatic carbocycles. The molecule has 1 aliphatic rings. The van der Waals surface area contributed by atoms with Crippen LogP contribution in [0.25, 0.3) is 27.9 Å². The number of hydrogen-bond acceptors (Lipinski definition) is 6. The van der Waals surface area contributed by atoms with E-state index in [1.165, 1.54) is 32.1 Å². The zero-order valence-corrected chi connectivity index (χ0v) is 17.5. The van der Waals surface area contributed by atoms with Crippen LogP contribution in [0.5, 0.6) is 0 Å². The largest absolute Gasteiger partial charge is 0.383 e. The van der Waals surface area contributed by atoms with Crippen molar-refractivity contribution in [3.63, 3.8) is 0 Å². The van der Waals surface area contributed by atoms with Gasteiger partial charge in [-0.2, -0.15) is 0 Å². The number of rotatable bonds is 6. The number of hydrogen-bond donors (Lipinski definition) is 1. The average Bonchev–Trinajstić information content (AvgIpc) is 3.32. The second kappa shape index (κ2) is 8.02.